The highest BCUT2D eigenvalue weighted by Gasteiger charge is 2.15. The lowest BCUT2D eigenvalue weighted by atomic mass is 9.98. The minimum Gasteiger partial charge on any atom is -0.372 e. The highest BCUT2D eigenvalue weighted by Crippen LogP contribution is 2.23. The van der Waals surface area contributed by atoms with E-state index in [9.17, 15) is 0 Å². The summed E-state index contributed by atoms with van der Waals surface area (Å²) in [6, 6.07) is 0. The molecule has 2 rings (SSSR count). The van der Waals surface area contributed by atoms with Crippen LogP contribution in [0, 0.1) is 0 Å². The van der Waals surface area contributed by atoms with Crippen LogP contribution in [0.3, 0.4) is 0 Å². The fourth-order valence-electron chi connectivity index (χ4n) is 1.71. The van der Waals surface area contributed by atoms with Crippen molar-refractivity contribution in [3.63, 3.8) is 0 Å². The predicted octanol–water partition coefficient (Wildman–Crippen LogP) is 3.04. The molecule has 0 atom stereocenters. The molecule has 0 unspecified atom stereocenters. The summed E-state index contributed by atoms with van der Waals surface area (Å²) in [6.45, 7) is 0.514. The van der Waals surface area contributed by atoms with Crippen LogP contribution in [0.5, 0.6) is 0 Å². The van der Waals surface area contributed by atoms with Crippen LogP contribution in [0.25, 0.3) is 0 Å². The zero-order valence-electron chi connectivity index (χ0n) is 7.91. The van der Waals surface area contributed by atoms with E-state index in [1.54, 1.807) is 0 Å². The molecule has 3 nitrogen and oxygen atoms in total. The molecule has 0 aromatic carbocycles. The molecule has 0 spiro atoms. The van der Waals surface area contributed by atoms with Gasteiger partial charge in [-0.2, -0.15) is 0 Å². The summed E-state index contributed by atoms with van der Waals surface area (Å²) in [5, 5.41) is 3.91. The Hall–Kier alpha value is -0.190. The van der Waals surface area contributed by atoms with Gasteiger partial charge in [-0.25, -0.2) is 0 Å². The second kappa shape index (κ2) is 5.05. The van der Waals surface area contributed by atoms with E-state index >= 15 is 0 Å². The van der Waals surface area contributed by atoms with E-state index in [4.69, 9.17) is 16.3 Å². The lowest BCUT2D eigenvalue weighted by Crippen LogP contribution is -2.16. The lowest BCUT2D eigenvalue weighted by molar-refractivity contribution is 0.0153. The quantitative estimate of drug-likeness (QED) is 0.804. The smallest absolute Gasteiger partial charge is 0.139 e. The molecule has 1 aromatic heterocycles. The van der Waals surface area contributed by atoms with Crippen LogP contribution in [-0.4, -0.2) is 15.7 Å². The molecule has 1 aliphatic rings. The molecule has 0 bridgehead atoms. The van der Waals surface area contributed by atoms with Crippen LogP contribution in [0.15, 0.2) is 0 Å². The maximum atomic E-state index is 5.87. The number of hydrogen-bond acceptors (Lipinski definition) is 4. The van der Waals surface area contributed by atoms with Crippen LogP contribution in [0.4, 0.5) is 0 Å². The second-order valence-electron chi connectivity index (χ2n) is 3.56. The maximum absolute atomic E-state index is 5.87. The number of halogens is 1. The minimum absolute atomic E-state index is 0.404. The Morgan fingerprint density at radius 3 is 2.79 bits per heavy atom. The molecule has 0 radical (unpaired) electrons. The first-order valence-electron chi connectivity index (χ1n) is 4.94. The van der Waals surface area contributed by atoms with Gasteiger partial charge in [0.2, 0.25) is 0 Å². The average molecular weight is 233 g/mol. The SMILES string of the molecule is Clc1snnc1COC1CCCCC1. The third kappa shape index (κ3) is 2.65. The van der Waals surface area contributed by atoms with Crippen molar-refractivity contribution in [2.45, 2.75) is 44.8 Å². The topological polar surface area (TPSA) is 35.0 Å². The van der Waals surface area contributed by atoms with Crippen LogP contribution >= 0.6 is 23.1 Å². The molecule has 5 heteroatoms. The molecular weight excluding hydrogens is 220 g/mol. The summed E-state index contributed by atoms with van der Waals surface area (Å²) in [7, 11) is 0. The normalized spacial score (nSPS) is 18.6. The van der Waals surface area contributed by atoms with Crippen molar-refractivity contribution in [1.82, 2.24) is 9.59 Å². The number of ether oxygens (including phenoxy) is 1. The molecular formula is C9H13ClN2OS. The Bertz CT molecular complexity index is 286. The molecule has 0 N–H and O–H groups in total. The molecule has 0 aliphatic heterocycles. The maximum Gasteiger partial charge on any atom is 0.139 e. The summed E-state index contributed by atoms with van der Waals surface area (Å²) in [4.78, 5) is 0. The summed E-state index contributed by atoms with van der Waals surface area (Å²) in [5.41, 5.74) is 0.780. The van der Waals surface area contributed by atoms with Gasteiger partial charge in [-0.1, -0.05) is 35.4 Å². The largest absolute Gasteiger partial charge is 0.372 e. The number of aromatic nitrogens is 2. The first-order chi connectivity index (χ1) is 6.86. The van der Waals surface area contributed by atoms with Gasteiger partial charge in [-0.3, -0.25) is 0 Å². The van der Waals surface area contributed by atoms with Crippen molar-refractivity contribution in [2.24, 2.45) is 0 Å². The molecule has 1 fully saturated rings. The summed E-state index contributed by atoms with van der Waals surface area (Å²) in [5.74, 6) is 0. The van der Waals surface area contributed by atoms with Gasteiger partial charge in [0.25, 0.3) is 0 Å². The van der Waals surface area contributed by atoms with E-state index in [2.05, 4.69) is 9.59 Å². The molecule has 78 valence electrons. The zero-order chi connectivity index (χ0) is 9.80. The van der Waals surface area contributed by atoms with E-state index in [0.717, 1.165) is 5.69 Å². The fourth-order valence-corrected chi connectivity index (χ4v) is 2.31. The second-order valence-corrected chi connectivity index (χ2v) is 4.92. The third-order valence-electron chi connectivity index (χ3n) is 2.52. The van der Waals surface area contributed by atoms with Gasteiger partial charge in [0.15, 0.2) is 0 Å². The van der Waals surface area contributed by atoms with Gasteiger partial charge in [0.05, 0.1) is 12.7 Å². The Labute approximate surface area is 92.6 Å². The highest BCUT2D eigenvalue weighted by molar-refractivity contribution is 7.10. The van der Waals surface area contributed by atoms with E-state index in [1.165, 1.54) is 43.6 Å². The number of rotatable bonds is 3. The van der Waals surface area contributed by atoms with Crippen molar-refractivity contribution in [2.75, 3.05) is 0 Å². The lowest BCUT2D eigenvalue weighted by Gasteiger charge is -2.21. The molecule has 1 saturated carbocycles. The van der Waals surface area contributed by atoms with Crippen molar-refractivity contribution >= 4 is 23.1 Å². The van der Waals surface area contributed by atoms with Gasteiger partial charge in [0.1, 0.15) is 10.0 Å². The average Bonchev–Trinajstić information content (AvgIpc) is 2.63. The standard InChI is InChI=1S/C9H13ClN2OS/c10-9-8(11-12-14-9)6-13-7-4-2-1-3-5-7/h7H,1-6H2. The van der Waals surface area contributed by atoms with Crippen LogP contribution < -0.4 is 0 Å². The van der Waals surface area contributed by atoms with Gasteiger partial charge in [0, 0.05) is 11.5 Å². The van der Waals surface area contributed by atoms with Crippen molar-refractivity contribution < 1.29 is 4.74 Å². The van der Waals surface area contributed by atoms with Crippen LogP contribution in [-0.2, 0) is 11.3 Å². The van der Waals surface area contributed by atoms with E-state index in [0.29, 0.717) is 17.0 Å². The Morgan fingerprint density at radius 1 is 1.36 bits per heavy atom. The van der Waals surface area contributed by atoms with E-state index in [1.807, 2.05) is 0 Å². The van der Waals surface area contributed by atoms with Crippen molar-refractivity contribution in [3.05, 3.63) is 10.0 Å². The third-order valence-corrected chi connectivity index (χ3v) is 3.50. The Morgan fingerprint density at radius 2 is 2.14 bits per heavy atom. The molecule has 0 amide bonds. The number of hydrogen-bond donors (Lipinski definition) is 0. The van der Waals surface area contributed by atoms with Gasteiger partial charge in [-0.05, 0) is 12.8 Å². The fraction of sp³-hybridized carbons (Fsp3) is 0.778. The minimum atomic E-state index is 0.404. The number of nitrogens with zero attached hydrogens (tertiary/aromatic N) is 2. The molecule has 14 heavy (non-hydrogen) atoms. The van der Waals surface area contributed by atoms with E-state index in [-0.39, 0.29) is 0 Å². The highest BCUT2D eigenvalue weighted by atomic mass is 35.5. The predicted molar refractivity (Wildman–Crippen MR) is 56.6 cm³/mol. The summed E-state index contributed by atoms with van der Waals surface area (Å²) in [6.07, 6.45) is 6.67. The Kier molecular flexibility index (Phi) is 3.73. The molecule has 0 saturated heterocycles. The zero-order valence-corrected chi connectivity index (χ0v) is 9.48. The molecule has 1 aromatic rings. The molecule has 1 aliphatic carbocycles. The molecule has 1 heterocycles. The van der Waals surface area contributed by atoms with Crippen LogP contribution in [0.1, 0.15) is 37.8 Å². The van der Waals surface area contributed by atoms with Crippen molar-refractivity contribution in [1.29, 1.82) is 0 Å². The monoisotopic (exact) mass is 232 g/mol. The summed E-state index contributed by atoms with van der Waals surface area (Å²) >= 11 is 7.09. The van der Waals surface area contributed by atoms with Crippen LogP contribution in [0.2, 0.25) is 4.34 Å². The first kappa shape index (κ1) is 10.3. The van der Waals surface area contributed by atoms with Gasteiger partial charge < -0.3 is 4.74 Å². The van der Waals surface area contributed by atoms with Gasteiger partial charge >= 0.3 is 0 Å². The van der Waals surface area contributed by atoms with Crippen molar-refractivity contribution in [3.8, 4) is 0 Å². The Balaban J connectivity index is 1.79. The summed E-state index contributed by atoms with van der Waals surface area (Å²) < 4.78 is 10.1. The van der Waals surface area contributed by atoms with E-state index < -0.39 is 0 Å². The van der Waals surface area contributed by atoms with Gasteiger partial charge in [-0.15, -0.1) is 5.10 Å². The first-order valence-corrected chi connectivity index (χ1v) is 6.10.